The van der Waals surface area contributed by atoms with Gasteiger partial charge in [0.25, 0.3) is 0 Å². The van der Waals surface area contributed by atoms with E-state index in [1.165, 1.54) is 0 Å². The molecule has 0 spiro atoms. The molecule has 0 amide bonds. The van der Waals surface area contributed by atoms with Crippen LogP contribution in [0.2, 0.25) is 0 Å². The summed E-state index contributed by atoms with van der Waals surface area (Å²) < 4.78 is 0. The number of aromatic nitrogens is 2. The second-order valence-corrected chi connectivity index (χ2v) is 4.37. The molecule has 1 aromatic heterocycles. The number of rotatable bonds is 7. The summed E-state index contributed by atoms with van der Waals surface area (Å²) in [6.45, 7) is 6.21. The number of nitrogens with zero attached hydrogens (tertiary/aromatic N) is 2. The summed E-state index contributed by atoms with van der Waals surface area (Å²) in [6, 6.07) is 0.251. The Kier molecular flexibility index (Phi) is 5.80. The van der Waals surface area contributed by atoms with Crippen LogP contribution in [0, 0.1) is 6.92 Å². The monoisotopic (exact) mass is 253 g/mol. The van der Waals surface area contributed by atoms with Crippen molar-refractivity contribution >= 4 is 11.6 Å². The molecular weight excluding hydrogens is 230 g/mol. The van der Waals surface area contributed by atoms with Gasteiger partial charge in [0.15, 0.2) is 0 Å². The van der Waals surface area contributed by atoms with Crippen LogP contribution in [-0.4, -0.2) is 27.7 Å². The third-order valence-corrected chi connectivity index (χ3v) is 2.82. The van der Waals surface area contributed by atoms with Gasteiger partial charge in [-0.3, -0.25) is 0 Å². The van der Waals surface area contributed by atoms with Crippen molar-refractivity contribution in [1.82, 2.24) is 9.97 Å². The molecule has 0 saturated heterocycles. The van der Waals surface area contributed by atoms with E-state index in [1.54, 1.807) is 0 Å². The van der Waals surface area contributed by atoms with E-state index < -0.39 is 0 Å². The highest BCUT2D eigenvalue weighted by Gasteiger charge is 2.11. The number of hydrogen-bond acceptors (Lipinski definition) is 6. The van der Waals surface area contributed by atoms with Crippen LogP contribution in [0.1, 0.15) is 38.1 Å². The molecule has 1 unspecified atom stereocenters. The highest BCUT2D eigenvalue weighted by atomic mass is 16.2. The molecule has 1 atom stereocenters. The number of aliphatic hydroxyl groups is 1. The van der Waals surface area contributed by atoms with Gasteiger partial charge in [-0.25, -0.2) is 15.8 Å². The van der Waals surface area contributed by atoms with Gasteiger partial charge >= 0.3 is 0 Å². The Morgan fingerprint density at radius 1 is 1.33 bits per heavy atom. The van der Waals surface area contributed by atoms with E-state index in [4.69, 9.17) is 10.9 Å². The summed E-state index contributed by atoms with van der Waals surface area (Å²) in [4.78, 5) is 8.78. The first kappa shape index (κ1) is 14.7. The van der Waals surface area contributed by atoms with Gasteiger partial charge in [-0.1, -0.05) is 6.92 Å². The summed E-state index contributed by atoms with van der Waals surface area (Å²) in [6.07, 6.45) is 2.43. The molecule has 1 rings (SSSR count). The number of nitrogens with two attached hydrogens (primary N) is 1. The van der Waals surface area contributed by atoms with Crippen LogP contribution in [0.25, 0.3) is 0 Å². The lowest BCUT2D eigenvalue weighted by Crippen LogP contribution is -2.20. The van der Waals surface area contributed by atoms with Crippen molar-refractivity contribution < 1.29 is 5.11 Å². The van der Waals surface area contributed by atoms with Crippen molar-refractivity contribution in [2.24, 2.45) is 5.84 Å². The third-order valence-electron chi connectivity index (χ3n) is 2.82. The molecule has 0 saturated carbocycles. The highest BCUT2D eigenvalue weighted by Crippen LogP contribution is 2.20. The van der Waals surface area contributed by atoms with Crippen molar-refractivity contribution in [3.63, 3.8) is 0 Å². The molecule has 0 bridgehead atoms. The van der Waals surface area contributed by atoms with E-state index in [9.17, 15) is 0 Å². The molecular formula is C12H23N5O. The quantitative estimate of drug-likeness (QED) is 0.431. The number of nitrogens with one attached hydrogen (secondary N) is 2. The Morgan fingerprint density at radius 2 is 2.00 bits per heavy atom. The molecule has 18 heavy (non-hydrogen) atoms. The minimum absolute atomic E-state index is 0.213. The Labute approximate surface area is 108 Å². The molecule has 0 aliphatic heterocycles. The summed E-state index contributed by atoms with van der Waals surface area (Å²) in [5.74, 6) is 7.67. The minimum Gasteiger partial charge on any atom is -0.396 e. The predicted molar refractivity (Wildman–Crippen MR) is 73.4 cm³/mol. The van der Waals surface area contributed by atoms with Crippen LogP contribution in [0.3, 0.4) is 0 Å². The SMILES string of the molecule is CCc1nc(NN)c(C)c(NC(C)CCCO)n1. The fraction of sp³-hybridized carbons (Fsp3) is 0.667. The van der Waals surface area contributed by atoms with E-state index in [1.807, 2.05) is 13.8 Å². The smallest absolute Gasteiger partial charge is 0.148 e. The van der Waals surface area contributed by atoms with E-state index in [0.29, 0.717) is 5.82 Å². The Hall–Kier alpha value is -1.40. The van der Waals surface area contributed by atoms with Crippen molar-refractivity contribution in [2.45, 2.75) is 46.1 Å². The zero-order chi connectivity index (χ0) is 13.5. The summed E-state index contributed by atoms with van der Waals surface area (Å²) in [7, 11) is 0. The van der Waals surface area contributed by atoms with Crippen LogP contribution in [0.5, 0.6) is 0 Å². The van der Waals surface area contributed by atoms with E-state index in [-0.39, 0.29) is 12.6 Å². The Morgan fingerprint density at radius 3 is 2.56 bits per heavy atom. The zero-order valence-corrected chi connectivity index (χ0v) is 11.3. The van der Waals surface area contributed by atoms with Crippen LogP contribution in [0.15, 0.2) is 0 Å². The Balaban J connectivity index is 2.86. The first-order valence-corrected chi connectivity index (χ1v) is 6.33. The van der Waals surface area contributed by atoms with Gasteiger partial charge in [-0.05, 0) is 26.7 Å². The second-order valence-electron chi connectivity index (χ2n) is 4.37. The molecule has 0 aromatic carbocycles. The summed E-state index contributed by atoms with van der Waals surface area (Å²) in [5.41, 5.74) is 3.50. The van der Waals surface area contributed by atoms with Gasteiger partial charge in [0, 0.05) is 24.6 Å². The number of nitrogen functional groups attached to an aromatic ring is 1. The van der Waals surface area contributed by atoms with Crippen molar-refractivity contribution in [1.29, 1.82) is 0 Å². The highest BCUT2D eigenvalue weighted by molar-refractivity contribution is 5.57. The molecule has 0 aliphatic rings. The largest absolute Gasteiger partial charge is 0.396 e. The molecule has 0 aliphatic carbocycles. The normalized spacial score (nSPS) is 12.3. The number of aliphatic hydroxyl groups excluding tert-OH is 1. The van der Waals surface area contributed by atoms with Crippen LogP contribution in [0.4, 0.5) is 11.6 Å². The topological polar surface area (TPSA) is 96.1 Å². The lowest BCUT2D eigenvalue weighted by Gasteiger charge is -2.17. The van der Waals surface area contributed by atoms with E-state index in [0.717, 1.165) is 36.5 Å². The first-order chi connectivity index (χ1) is 8.62. The molecule has 0 radical (unpaired) electrons. The average molecular weight is 253 g/mol. The maximum atomic E-state index is 8.82. The van der Waals surface area contributed by atoms with Crippen molar-refractivity contribution in [3.8, 4) is 0 Å². The van der Waals surface area contributed by atoms with Gasteiger partial charge < -0.3 is 15.8 Å². The van der Waals surface area contributed by atoms with Gasteiger partial charge in [0.1, 0.15) is 17.5 Å². The number of anilines is 2. The number of hydrogen-bond donors (Lipinski definition) is 4. The van der Waals surface area contributed by atoms with E-state index in [2.05, 4.69) is 27.6 Å². The maximum Gasteiger partial charge on any atom is 0.148 e. The summed E-state index contributed by atoms with van der Waals surface area (Å²) >= 11 is 0. The standard InChI is InChI=1S/C12H23N5O/c1-4-10-15-11(9(3)12(16-10)17-13)14-8(2)6-5-7-18/h8,18H,4-7,13H2,1-3H3,(H2,14,15,16,17). The third kappa shape index (κ3) is 3.82. The Bertz CT molecular complexity index is 383. The average Bonchev–Trinajstić information content (AvgIpc) is 2.38. The maximum absolute atomic E-state index is 8.82. The lowest BCUT2D eigenvalue weighted by atomic mass is 10.2. The number of hydrazine groups is 1. The second kappa shape index (κ2) is 7.13. The van der Waals surface area contributed by atoms with Gasteiger partial charge in [-0.15, -0.1) is 0 Å². The molecule has 5 N–H and O–H groups in total. The summed E-state index contributed by atoms with van der Waals surface area (Å²) in [5, 5.41) is 12.2. The lowest BCUT2D eigenvalue weighted by molar-refractivity contribution is 0.282. The molecule has 1 heterocycles. The molecule has 102 valence electrons. The van der Waals surface area contributed by atoms with Crippen LogP contribution < -0.4 is 16.6 Å². The fourth-order valence-electron chi connectivity index (χ4n) is 1.71. The first-order valence-electron chi connectivity index (χ1n) is 6.33. The molecule has 6 heteroatoms. The van der Waals surface area contributed by atoms with Gasteiger partial charge in [-0.2, -0.15) is 0 Å². The van der Waals surface area contributed by atoms with Crippen LogP contribution >= 0.6 is 0 Å². The van der Waals surface area contributed by atoms with Gasteiger partial charge in [0.2, 0.25) is 0 Å². The molecule has 6 nitrogen and oxygen atoms in total. The number of aryl methyl sites for hydroxylation is 1. The molecule has 1 aromatic rings. The van der Waals surface area contributed by atoms with Crippen molar-refractivity contribution in [3.05, 3.63) is 11.4 Å². The van der Waals surface area contributed by atoms with Gasteiger partial charge in [0.05, 0.1) is 0 Å². The predicted octanol–water partition coefficient (Wildman–Crippen LogP) is 1.21. The van der Waals surface area contributed by atoms with Crippen molar-refractivity contribution in [2.75, 3.05) is 17.3 Å². The zero-order valence-electron chi connectivity index (χ0n) is 11.3. The van der Waals surface area contributed by atoms with Crippen LogP contribution in [-0.2, 0) is 6.42 Å². The molecule has 0 fully saturated rings. The van der Waals surface area contributed by atoms with E-state index >= 15 is 0 Å². The minimum atomic E-state index is 0.213. The fourth-order valence-corrected chi connectivity index (χ4v) is 1.71.